The van der Waals surface area contributed by atoms with Gasteiger partial charge in [0.05, 0.1) is 17.6 Å². The molecule has 2 N–H and O–H groups in total. The summed E-state index contributed by atoms with van der Waals surface area (Å²) in [7, 11) is 0. The number of carboxylic acid groups (broad SMARTS) is 1. The zero-order valence-corrected chi connectivity index (χ0v) is 15.4. The van der Waals surface area contributed by atoms with E-state index in [9.17, 15) is 18.0 Å². The fraction of sp³-hybridized carbons (Fsp3) is 0.350. The van der Waals surface area contributed by atoms with Crippen LogP contribution in [0.1, 0.15) is 24.0 Å². The van der Waals surface area contributed by atoms with E-state index in [0.29, 0.717) is 30.1 Å². The van der Waals surface area contributed by atoms with Gasteiger partial charge in [-0.2, -0.15) is 13.2 Å². The molecule has 4 rings (SSSR count). The van der Waals surface area contributed by atoms with Gasteiger partial charge in [-0.25, -0.2) is 4.68 Å². The van der Waals surface area contributed by atoms with Crippen molar-refractivity contribution in [1.29, 1.82) is 0 Å². The Morgan fingerprint density at radius 2 is 1.90 bits per heavy atom. The molecule has 0 radical (unpaired) electrons. The summed E-state index contributed by atoms with van der Waals surface area (Å²) >= 11 is 0. The van der Waals surface area contributed by atoms with Gasteiger partial charge in [0.15, 0.2) is 0 Å². The minimum Gasteiger partial charge on any atom is -0.480 e. The van der Waals surface area contributed by atoms with Crippen LogP contribution in [-0.4, -0.2) is 32.6 Å². The van der Waals surface area contributed by atoms with Crippen molar-refractivity contribution >= 4 is 17.0 Å². The van der Waals surface area contributed by atoms with E-state index >= 15 is 0 Å². The van der Waals surface area contributed by atoms with Crippen molar-refractivity contribution in [2.75, 3.05) is 6.54 Å². The summed E-state index contributed by atoms with van der Waals surface area (Å²) in [6.45, 7) is 0.714. The van der Waals surface area contributed by atoms with Crippen LogP contribution in [0.15, 0.2) is 36.4 Å². The molecule has 9 heteroatoms. The normalized spacial score (nSPS) is 14.4. The quantitative estimate of drug-likeness (QED) is 0.628. The zero-order chi connectivity index (χ0) is 20.6. The van der Waals surface area contributed by atoms with Crippen LogP contribution >= 0.6 is 0 Å². The lowest BCUT2D eigenvalue weighted by Crippen LogP contribution is -2.21. The van der Waals surface area contributed by atoms with E-state index in [1.807, 2.05) is 0 Å². The molecule has 1 saturated carbocycles. The molecule has 0 unspecified atom stereocenters. The van der Waals surface area contributed by atoms with Crippen molar-refractivity contribution in [3.05, 3.63) is 47.5 Å². The third-order valence-corrected chi connectivity index (χ3v) is 4.97. The highest BCUT2D eigenvalue weighted by atomic mass is 19.4. The zero-order valence-electron chi connectivity index (χ0n) is 15.4. The summed E-state index contributed by atoms with van der Waals surface area (Å²) in [6.07, 6.45) is -2.44. The van der Waals surface area contributed by atoms with Gasteiger partial charge in [-0.15, -0.1) is 5.10 Å². The molecule has 29 heavy (non-hydrogen) atoms. The summed E-state index contributed by atoms with van der Waals surface area (Å²) in [5.74, 6) is -0.504. The van der Waals surface area contributed by atoms with Gasteiger partial charge in [-0.1, -0.05) is 35.5 Å². The number of fused-ring (bicyclic) bond motifs is 1. The Balaban J connectivity index is 1.68. The standard InChI is InChI=1S/C20H19F3N4O2/c21-20(22,23)18-15(14-5-3-12(4-6-14)9-24-10-17(28)29)7-8-16-19(18)25-26-27(16)11-13-1-2-13/h3-8,13,24H,1-2,9-11H2,(H,28,29). The van der Waals surface area contributed by atoms with Crippen LogP contribution in [0, 0.1) is 5.92 Å². The minimum atomic E-state index is -4.57. The Kier molecular flexibility index (Phi) is 4.99. The highest BCUT2D eigenvalue weighted by Crippen LogP contribution is 2.41. The number of benzene rings is 2. The number of nitrogens with zero attached hydrogens (tertiary/aromatic N) is 3. The van der Waals surface area contributed by atoms with E-state index in [2.05, 4.69) is 15.6 Å². The maximum absolute atomic E-state index is 13.9. The van der Waals surface area contributed by atoms with Gasteiger partial charge >= 0.3 is 12.1 Å². The Morgan fingerprint density at radius 1 is 1.17 bits per heavy atom. The highest BCUT2D eigenvalue weighted by Gasteiger charge is 2.38. The number of aromatic nitrogens is 3. The fourth-order valence-corrected chi connectivity index (χ4v) is 3.36. The summed E-state index contributed by atoms with van der Waals surface area (Å²) in [6, 6.07) is 9.67. The molecule has 0 aliphatic heterocycles. The van der Waals surface area contributed by atoms with Crippen LogP contribution in [-0.2, 0) is 24.1 Å². The number of alkyl halides is 3. The lowest BCUT2D eigenvalue weighted by atomic mass is 9.97. The van der Waals surface area contributed by atoms with E-state index < -0.39 is 17.7 Å². The number of hydrogen-bond acceptors (Lipinski definition) is 4. The summed E-state index contributed by atoms with van der Waals surface area (Å²) in [4.78, 5) is 10.5. The van der Waals surface area contributed by atoms with E-state index in [1.165, 1.54) is 6.07 Å². The predicted molar refractivity (Wildman–Crippen MR) is 100 cm³/mol. The smallest absolute Gasteiger partial charge is 0.419 e. The second-order valence-corrected chi connectivity index (χ2v) is 7.26. The van der Waals surface area contributed by atoms with Gasteiger partial charge < -0.3 is 10.4 Å². The van der Waals surface area contributed by atoms with Gasteiger partial charge in [-0.3, -0.25) is 4.79 Å². The fourth-order valence-electron chi connectivity index (χ4n) is 3.36. The lowest BCUT2D eigenvalue weighted by molar-refractivity contribution is -0.136. The third kappa shape index (κ3) is 4.24. The van der Waals surface area contributed by atoms with Crippen molar-refractivity contribution in [1.82, 2.24) is 20.3 Å². The number of rotatable bonds is 7. The molecule has 3 aromatic rings. The lowest BCUT2D eigenvalue weighted by Gasteiger charge is -2.14. The Hall–Kier alpha value is -2.94. The topological polar surface area (TPSA) is 80.0 Å². The van der Waals surface area contributed by atoms with Crippen LogP contribution in [0.5, 0.6) is 0 Å². The number of carbonyl (C=O) groups is 1. The first-order chi connectivity index (χ1) is 13.8. The molecule has 1 heterocycles. The average Bonchev–Trinajstić information content (AvgIpc) is 3.39. The molecule has 152 valence electrons. The van der Waals surface area contributed by atoms with Crippen molar-refractivity contribution < 1.29 is 23.1 Å². The molecular formula is C20H19F3N4O2. The molecule has 0 spiro atoms. The van der Waals surface area contributed by atoms with Gasteiger partial charge in [0, 0.05) is 13.1 Å². The number of nitrogens with one attached hydrogen (secondary N) is 1. The molecule has 6 nitrogen and oxygen atoms in total. The molecule has 1 aromatic heterocycles. The third-order valence-electron chi connectivity index (χ3n) is 4.97. The maximum atomic E-state index is 13.9. The second-order valence-electron chi connectivity index (χ2n) is 7.26. The molecule has 0 bridgehead atoms. The first-order valence-corrected chi connectivity index (χ1v) is 9.28. The van der Waals surface area contributed by atoms with E-state index in [-0.39, 0.29) is 17.6 Å². The monoisotopic (exact) mass is 404 g/mol. The summed E-state index contributed by atoms with van der Waals surface area (Å²) in [5.41, 5.74) is 0.714. The first-order valence-electron chi connectivity index (χ1n) is 9.28. The SMILES string of the molecule is O=C(O)CNCc1ccc(-c2ccc3c(nnn3CC3CC3)c2C(F)(F)F)cc1. The molecule has 1 aliphatic carbocycles. The number of aliphatic carboxylic acids is 1. The van der Waals surface area contributed by atoms with Crippen LogP contribution < -0.4 is 5.32 Å². The molecule has 1 fully saturated rings. The van der Waals surface area contributed by atoms with Gasteiger partial charge in [0.1, 0.15) is 5.52 Å². The van der Waals surface area contributed by atoms with E-state index in [1.54, 1.807) is 35.0 Å². The number of halogens is 3. The number of carboxylic acids is 1. The Bertz CT molecular complexity index is 1040. The largest absolute Gasteiger partial charge is 0.480 e. The van der Waals surface area contributed by atoms with Crippen molar-refractivity contribution in [2.24, 2.45) is 5.92 Å². The summed E-state index contributed by atoms with van der Waals surface area (Å²) in [5, 5.41) is 19.2. The molecule has 0 atom stereocenters. The van der Waals surface area contributed by atoms with Gasteiger partial charge in [-0.05, 0) is 41.5 Å². The first kappa shape index (κ1) is 19.4. The van der Waals surface area contributed by atoms with Gasteiger partial charge in [0.25, 0.3) is 0 Å². The minimum absolute atomic E-state index is 0.0496. The average molecular weight is 404 g/mol. The molecular weight excluding hydrogens is 385 g/mol. The van der Waals surface area contributed by atoms with Crippen molar-refractivity contribution in [3.63, 3.8) is 0 Å². The van der Waals surface area contributed by atoms with Crippen LogP contribution in [0.25, 0.3) is 22.2 Å². The van der Waals surface area contributed by atoms with Crippen LogP contribution in [0.2, 0.25) is 0 Å². The van der Waals surface area contributed by atoms with E-state index in [4.69, 9.17) is 5.11 Å². The van der Waals surface area contributed by atoms with E-state index in [0.717, 1.165) is 18.4 Å². The van der Waals surface area contributed by atoms with Crippen molar-refractivity contribution in [2.45, 2.75) is 32.1 Å². The van der Waals surface area contributed by atoms with Crippen LogP contribution in [0.4, 0.5) is 13.2 Å². The Morgan fingerprint density at radius 3 is 2.52 bits per heavy atom. The summed E-state index contributed by atoms with van der Waals surface area (Å²) < 4.78 is 43.3. The Labute approximate surface area is 164 Å². The van der Waals surface area contributed by atoms with Crippen molar-refractivity contribution in [3.8, 4) is 11.1 Å². The highest BCUT2D eigenvalue weighted by molar-refractivity contribution is 5.87. The molecule has 0 amide bonds. The molecule has 0 saturated heterocycles. The second kappa shape index (κ2) is 7.47. The molecule has 2 aromatic carbocycles. The number of hydrogen-bond donors (Lipinski definition) is 2. The van der Waals surface area contributed by atoms with Gasteiger partial charge in [0.2, 0.25) is 0 Å². The molecule has 1 aliphatic rings. The maximum Gasteiger partial charge on any atom is 0.419 e. The predicted octanol–water partition coefficient (Wildman–Crippen LogP) is 3.70. The van der Waals surface area contributed by atoms with Crippen LogP contribution in [0.3, 0.4) is 0 Å².